The third kappa shape index (κ3) is 2.31. The Balaban J connectivity index is 2.37. The minimum atomic E-state index is -0.859. The number of carbonyl (C=O) groups is 1. The van der Waals surface area contributed by atoms with Gasteiger partial charge in [-0.05, 0) is 30.0 Å². The molecule has 0 bridgehead atoms. The first kappa shape index (κ1) is 13.2. The maximum absolute atomic E-state index is 11.4. The number of carbonyl (C=O) groups excluding carboxylic acids is 1. The van der Waals surface area contributed by atoms with Gasteiger partial charge in [0.2, 0.25) is 0 Å². The van der Waals surface area contributed by atoms with Crippen LogP contribution in [0.3, 0.4) is 0 Å². The van der Waals surface area contributed by atoms with Gasteiger partial charge in [-0.1, -0.05) is 11.6 Å². The minimum absolute atomic E-state index is 0.00688. The molecule has 1 aromatic carbocycles. The Bertz CT molecular complexity index is 447. The van der Waals surface area contributed by atoms with Crippen molar-refractivity contribution in [1.29, 1.82) is 0 Å². The molecule has 5 heteroatoms. The Morgan fingerprint density at radius 1 is 1.28 bits per heavy atom. The van der Waals surface area contributed by atoms with Crippen molar-refractivity contribution in [3.63, 3.8) is 0 Å². The van der Waals surface area contributed by atoms with Crippen LogP contribution in [0.4, 0.5) is 0 Å². The predicted molar refractivity (Wildman–Crippen MR) is 67.5 cm³/mol. The molecule has 1 aliphatic carbocycles. The molecule has 0 aromatic heterocycles. The Morgan fingerprint density at radius 2 is 1.83 bits per heavy atom. The summed E-state index contributed by atoms with van der Waals surface area (Å²) < 4.78 is 10.4. The van der Waals surface area contributed by atoms with Crippen molar-refractivity contribution >= 4 is 17.4 Å². The molecule has 2 rings (SSSR count). The molecule has 0 amide bonds. The van der Waals surface area contributed by atoms with Crippen LogP contribution in [-0.2, 0) is 4.79 Å². The second kappa shape index (κ2) is 5.16. The van der Waals surface area contributed by atoms with E-state index < -0.39 is 6.10 Å². The fraction of sp³-hybridized carbons (Fsp3) is 0.462. The van der Waals surface area contributed by atoms with E-state index in [9.17, 15) is 9.90 Å². The molecular weight excluding hydrogens is 256 g/mol. The van der Waals surface area contributed by atoms with Gasteiger partial charge in [-0.3, -0.25) is 4.79 Å². The molecule has 1 aromatic rings. The topological polar surface area (TPSA) is 55.8 Å². The van der Waals surface area contributed by atoms with Crippen LogP contribution in [0.5, 0.6) is 11.5 Å². The third-order valence-electron chi connectivity index (χ3n) is 3.27. The second-order valence-electron chi connectivity index (χ2n) is 4.36. The molecule has 0 heterocycles. The number of benzene rings is 1. The number of hydrogen-bond donors (Lipinski definition) is 1. The van der Waals surface area contributed by atoms with Gasteiger partial charge in [0.15, 0.2) is 5.78 Å². The van der Waals surface area contributed by atoms with Crippen molar-refractivity contribution in [2.45, 2.75) is 24.9 Å². The third-order valence-corrected chi connectivity index (χ3v) is 3.64. The van der Waals surface area contributed by atoms with E-state index in [0.717, 1.165) is 5.56 Å². The first-order valence-corrected chi connectivity index (χ1v) is 6.06. The molecule has 0 spiro atoms. The number of ether oxygens (including phenoxy) is 2. The fourth-order valence-electron chi connectivity index (χ4n) is 2.24. The molecule has 4 nitrogen and oxygen atoms in total. The average Bonchev–Trinajstić information content (AvgIpc) is 2.70. The van der Waals surface area contributed by atoms with Crippen LogP contribution >= 0.6 is 11.6 Å². The molecule has 1 N–H and O–H groups in total. The first-order valence-electron chi connectivity index (χ1n) is 5.69. The molecule has 98 valence electrons. The van der Waals surface area contributed by atoms with Gasteiger partial charge in [-0.15, -0.1) is 0 Å². The van der Waals surface area contributed by atoms with Crippen molar-refractivity contribution < 1.29 is 19.4 Å². The van der Waals surface area contributed by atoms with E-state index in [1.807, 2.05) is 0 Å². The number of aliphatic hydroxyl groups excluding tert-OH is 1. The van der Waals surface area contributed by atoms with Gasteiger partial charge < -0.3 is 14.6 Å². The summed E-state index contributed by atoms with van der Waals surface area (Å²) in [5, 5.41) is 9.91. The first-order chi connectivity index (χ1) is 8.56. The summed E-state index contributed by atoms with van der Waals surface area (Å²) >= 11 is 6.08. The molecule has 1 fully saturated rings. The number of aliphatic hydroxyl groups is 1. The molecule has 1 aliphatic rings. The van der Waals surface area contributed by atoms with E-state index in [-0.39, 0.29) is 11.7 Å². The maximum Gasteiger partial charge on any atom is 0.161 e. The van der Waals surface area contributed by atoms with Gasteiger partial charge in [0, 0.05) is 6.42 Å². The summed E-state index contributed by atoms with van der Waals surface area (Å²) in [5.41, 5.74) is 0.901. The smallest absolute Gasteiger partial charge is 0.161 e. The minimum Gasteiger partial charge on any atom is -0.495 e. The zero-order valence-corrected chi connectivity index (χ0v) is 11.0. The predicted octanol–water partition coefficient (Wildman–Crippen LogP) is 2.16. The van der Waals surface area contributed by atoms with Crippen LogP contribution in [0.2, 0.25) is 5.02 Å². The van der Waals surface area contributed by atoms with Gasteiger partial charge in [-0.25, -0.2) is 0 Å². The Hall–Kier alpha value is -1.26. The number of methoxy groups -OCH3 is 2. The highest BCUT2D eigenvalue weighted by Gasteiger charge is 2.32. The van der Waals surface area contributed by atoms with Gasteiger partial charge in [0.25, 0.3) is 0 Å². The van der Waals surface area contributed by atoms with Crippen LogP contribution in [0.25, 0.3) is 0 Å². The van der Waals surface area contributed by atoms with Crippen molar-refractivity contribution in [2.75, 3.05) is 14.2 Å². The largest absolute Gasteiger partial charge is 0.495 e. The zero-order valence-electron chi connectivity index (χ0n) is 10.3. The lowest BCUT2D eigenvalue weighted by Gasteiger charge is -2.14. The fourth-order valence-corrected chi connectivity index (χ4v) is 2.51. The molecule has 2 atom stereocenters. The Labute approximate surface area is 110 Å². The molecule has 0 radical (unpaired) electrons. The molecule has 18 heavy (non-hydrogen) atoms. The molecule has 0 aliphatic heterocycles. The standard InChI is InChI=1S/C13H15ClO4/c1-17-11-5-8(6-12(18-2)13(11)14)7-3-9(15)10(16)4-7/h5-7,9,15H,3-4H2,1-2H3/t7?,9-/m1/s1. The molecule has 1 unspecified atom stereocenters. The van der Waals surface area contributed by atoms with Crippen LogP contribution in [0.1, 0.15) is 24.3 Å². The monoisotopic (exact) mass is 270 g/mol. The van der Waals surface area contributed by atoms with E-state index >= 15 is 0 Å². The summed E-state index contributed by atoms with van der Waals surface area (Å²) in [5.74, 6) is 0.903. The maximum atomic E-state index is 11.4. The van der Waals surface area contributed by atoms with E-state index in [4.69, 9.17) is 21.1 Å². The normalized spacial score (nSPS) is 23.2. The number of Topliss-reactive ketones (excluding diaryl/α,β-unsaturated/α-hetero) is 1. The number of rotatable bonds is 3. The summed E-state index contributed by atoms with van der Waals surface area (Å²) in [6.45, 7) is 0. The summed E-state index contributed by atoms with van der Waals surface area (Å²) in [6.07, 6.45) is -0.0790. The van der Waals surface area contributed by atoms with Gasteiger partial charge >= 0.3 is 0 Å². The summed E-state index contributed by atoms with van der Waals surface area (Å²) in [7, 11) is 3.05. The van der Waals surface area contributed by atoms with Crippen molar-refractivity contribution in [2.24, 2.45) is 0 Å². The number of hydrogen-bond acceptors (Lipinski definition) is 4. The SMILES string of the molecule is COc1cc(C2CC(=O)[C@H](O)C2)cc(OC)c1Cl. The van der Waals surface area contributed by atoms with E-state index in [0.29, 0.717) is 29.4 Å². The average molecular weight is 271 g/mol. The summed E-state index contributed by atoms with van der Waals surface area (Å²) in [4.78, 5) is 11.4. The van der Waals surface area contributed by atoms with Crippen molar-refractivity contribution in [1.82, 2.24) is 0 Å². The number of ketones is 1. The second-order valence-corrected chi connectivity index (χ2v) is 4.74. The molecule has 1 saturated carbocycles. The Morgan fingerprint density at radius 3 is 2.22 bits per heavy atom. The van der Waals surface area contributed by atoms with Gasteiger partial charge in [-0.2, -0.15) is 0 Å². The highest BCUT2D eigenvalue weighted by atomic mass is 35.5. The lowest BCUT2D eigenvalue weighted by molar-refractivity contribution is -0.124. The van der Waals surface area contributed by atoms with Crippen LogP contribution in [0.15, 0.2) is 12.1 Å². The van der Waals surface area contributed by atoms with Gasteiger partial charge in [0.1, 0.15) is 22.6 Å². The lowest BCUT2D eigenvalue weighted by atomic mass is 9.97. The van der Waals surface area contributed by atoms with Gasteiger partial charge in [0.05, 0.1) is 14.2 Å². The summed E-state index contributed by atoms with van der Waals surface area (Å²) in [6, 6.07) is 3.58. The number of halogens is 1. The van der Waals surface area contributed by atoms with Crippen LogP contribution in [-0.4, -0.2) is 31.2 Å². The molecular formula is C13H15ClO4. The quantitative estimate of drug-likeness (QED) is 0.915. The zero-order chi connectivity index (χ0) is 13.3. The Kier molecular flexibility index (Phi) is 3.78. The van der Waals surface area contributed by atoms with Crippen molar-refractivity contribution in [3.05, 3.63) is 22.7 Å². The highest BCUT2D eigenvalue weighted by molar-refractivity contribution is 6.33. The van der Waals surface area contributed by atoms with E-state index in [1.54, 1.807) is 12.1 Å². The van der Waals surface area contributed by atoms with E-state index in [1.165, 1.54) is 14.2 Å². The van der Waals surface area contributed by atoms with Crippen molar-refractivity contribution in [3.8, 4) is 11.5 Å². The van der Waals surface area contributed by atoms with E-state index in [2.05, 4.69) is 0 Å². The highest BCUT2D eigenvalue weighted by Crippen LogP contribution is 2.41. The van der Waals surface area contributed by atoms with Crippen LogP contribution in [0, 0.1) is 0 Å². The molecule has 0 saturated heterocycles. The van der Waals surface area contributed by atoms with Crippen LogP contribution < -0.4 is 9.47 Å². The lowest BCUT2D eigenvalue weighted by Crippen LogP contribution is -2.10.